The number of methoxy groups -OCH3 is 6. The van der Waals surface area contributed by atoms with E-state index >= 15 is 0 Å². The maximum absolute atomic E-state index is 14.1. The van der Waals surface area contributed by atoms with Gasteiger partial charge in [-0.3, -0.25) is 31.9 Å². The fourth-order valence-electron chi connectivity index (χ4n) is 13.5. The van der Waals surface area contributed by atoms with E-state index in [1.807, 2.05) is 184 Å². The van der Waals surface area contributed by atoms with Crippen LogP contribution in [0.1, 0.15) is 139 Å². The molecule has 0 unspecified atom stereocenters. The molecule has 28 heteroatoms. The summed E-state index contributed by atoms with van der Waals surface area (Å²) in [6, 6.07) is 58.9. The van der Waals surface area contributed by atoms with Gasteiger partial charge in [0.2, 0.25) is 0 Å². The number of hydrogen-bond donors (Lipinski definition) is 6. The molecule has 0 spiro atoms. The van der Waals surface area contributed by atoms with Crippen LogP contribution in [-0.2, 0) is 68.1 Å². The summed E-state index contributed by atoms with van der Waals surface area (Å²) in [6.07, 6.45) is -3.17. The Morgan fingerprint density at radius 3 is 0.861 bits per heavy atom. The number of aryl methyl sites for hydroxylation is 19. The first kappa shape index (κ1) is 110. The van der Waals surface area contributed by atoms with Crippen LogP contribution in [0.15, 0.2) is 193 Å². The third kappa shape index (κ3) is 33.8. The van der Waals surface area contributed by atoms with Crippen LogP contribution in [0, 0.1) is 141 Å². The van der Waals surface area contributed by atoms with E-state index in [-0.39, 0.29) is 18.8 Å². The van der Waals surface area contributed by atoms with Crippen molar-refractivity contribution in [2.24, 2.45) is 0 Å². The monoisotopic (exact) mass is 2060 g/mol. The summed E-state index contributed by atoms with van der Waals surface area (Å²) in [6.45, 7) is 40.5. The Balaban J connectivity index is 0.000000224. The van der Waals surface area contributed by atoms with Gasteiger partial charge in [-0.25, -0.2) is 33.2 Å². The van der Waals surface area contributed by atoms with Gasteiger partial charge in [0.05, 0.1) is 76.8 Å². The summed E-state index contributed by atoms with van der Waals surface area (Å²) in [7, 11) is 7.93. The molecule has 0 heterocycles. The van der Waals surface area contributed by atoms with E-state index < -0.39 is 42.4 Å². The molecule has 0 atom stereocenters. The molecule has 0 saturated heterocycles. The largest absolute Gasteiger partial charge is 0.489 e. The van der Waals surface area contributed by atoms with Crippen LogP contribution in [-0.4, -0.2) is 79.2 Å². The molecule has 0 aliphatic carbocycles. The molecule has 6 N–H and O–H groups in total. The molecule has 24 nitrogen and oxygen atoms in total. The Hall–Kier alpha value is -13.5. The molecule has 137 heavy (non-hydrogen) atoms. The first-order valence-corrected chi connectivity index (χ1v) is 46.0. The quantitative estimate of drug-likeness (QED) is 0.0242. The molecule has 0 fully saturated rings. The van der Waals surface area contributed by atoms with Gasteiger partial charge in [-0.15, -0.1) is 0 Å². The van der Waals surface area contributed by atoms with Gasteiger partial charge in [-0.2, -0.15) is 0 Å². The van der Waals surface area contributed by atoms with Crippen molar-refractivity contribution in [3.05, 3.63) is 346 Å². The van der Waals surface area contributed by atoms with E-state index in [9.17, 15) is 33.2 Å². The maximum Gasteiger partial charge on any atom is 0.411 e. The van der Waals surface area contributed by atoms with E-state index in [1.165, 1.54) is 110 Å². The van der Waals surface area contributed by atoms with Crippen LogP contribution in [0.4, 0.5) is 67.3 Å². The first-order chi connectivity index (χ1) is 65.1. The highest BCUT2D eigenvalue weighted by atomic mass is 127. The van der Waals surface area contributed by atoms with Crippen molar-refractivity contribution >= 4 is 121 Å². The van der Waals surface area contributed by atoms with Crippen molar-refractivity contribution in [3.8, 4) is 34.5 Å². The number of ether oxygens (including phenoxy) is 12. The summed E-state index contributed by atoms with van der Waals surface area (Å²) in [5, 5.41) is 16.5. The van der Waals surface area contributed by atoms with E-state index in [1.54, 1.807) is 24.3 Å². The van der Waals surface area contributed by atoms with Crippen LogP contribution in [0.5, 0.6) is 34.5 Å². The topological polar surface area (TPSA) is 285 Å². The molecule has 0 aliphatic rings. The van der Waals surface area contributed by atoms with Gasteiger partial charge >= 0.3 is 36.6 Å². The molecule has 0 bridgehead atoms. The minimum atomic E-state index is -0.654. The standard InChI is InChI=1S/C19H23NO3.C18H20BrNO3.C18H20ClNO3.C18H20FNO3.C18H20INO3.C18H21NO3/c1-12-7-6-8-17(20-19(21)22-5)16(12)11-23-18-10-14(3)13(2)9-15(18)4;4*1-11-8-13(3)17(9-12(11)2)23-10-14-15(19)6-5-7-16(14)20-18(21)22-4;1-12-9-14(3)17(10-13(12)2)22-11-15-7-5-6-8-16(15)19-18(20)21-4/h6-10H,11H2,1-5H3,(H,20,21);4*5-9H,10H2,1-4H3,(H,20,21);5-10H,11H2,1-4H3,(H,19,20). The molecule has 12 rings (SSSR count). The highest BCUT2D eigenvalue weighted by Gasteiger charge is 2.21. The van der Waals surface area contributed by atoms with E-state index in [0.29, 0.717) is 76.9 Å². The molecular weight excluding hydrogens is 1940 g/mol. The van der Waals surface area contributed by atoms with E-state index in [0.717, 1.165) is 109 Å². The predicted octanol–water partition coefficient (Wildman–Crippen LogP) is 28.7. The summed E-state index contributed by atoms with van der Waals surface area (Å²) in [4.78, 5) is 68.6. The van der Waals surface area contributed by atoms with Gasteiger partial charge in [0, 0.05) is 46.4 Å². The molecule has 12 aromatic carbocycles. The number of amides is 6. The Morgan fingerprint density at radius 2 is 0.504 bits per heavy atom. The average Bonchev–Trinajstić information content (AvgIpc) is 0.837. The van der Waals surface area contributed by atoms with Crippen LogP contribution in [0.25, 0.3) is 0 Å². The molecule has 0 aliphatic heterocycles. The molecule has 0 saturated carbocycles. The van der Waals surface area contributed by atoms with E-state index in [2.05, 4.69) is 198 Å². The third-order valence-corrected chi connectivity index (χ3v) is 24.5. The fraction of sp³-hybridized carbons (Fsp3) is 0.284. The highest BCUT2D eigenvalue weighted by Crippen LogP contribution is 2.36. The van der Waals surface area contributed by atoms with Gasteiger partial charge < -0.3 is 56.8 Å². The number of nitrogens with one attached hydrogen (secondary N) is 6. The zero-order valence-electron chi connectivity index (χ0n) is 82.5. The van der Waals surface area contributed by atoms with Crippen molar-refractivity contribution in [2.45, 2.75) is 171 Å². The van der Waals surface area contributed by atoms with Crippen LogP contribution >= 0.6 is 50.1 Å². The second kappa shape index (κ2) is 54.3. The van der Waals surface area contributed by atoms with Gasteiger partial charge in [-0.1, -0.05) is 119 Å². The fourth-order valence-corrected chi connectivity index (χ4v) is 14.8. The number of carbonyl (C=O) groups is 6. The SMILES string of the molecule is COC(=O)Nc1cccc(Br)c1COc1cc(C)c(C)cc1C.COC(=O)Nc1cccc(C)c1COc1cc(C)c(C)cc1C.COC(=O)Nc1cccc(Cl)c1COc1cc(C)c(C)cc1C.COC(=O)Nc1cccc(F)c1COc1cc(C)c(C)cc1C.COC(=O)Nc1cccc(I)c1COc1cc(C)c(C)cc1C.COC(=O)Nc1ccccc1COc1cc(C)c(C)cc1C. The van der Waals surface area contributed by atoms with Gasteiger partial charge in [0.25, 0.3) is 0 Å². The van der Waals surface area contributed by atoms with Gasteiger partial charge in [-0.05, 0) is 357 Å². The second-order valence-electron chi connectivity index (χ2n) is 32.5. The Bertz CT molecular complexity index is 5520. The highest BCUT2D eigenvalue weighted by molar-refractivity contribution is 14.1. The zero-order chi connectivity index (χ0) is 101. The number of halogens is 4. The smallest absolute Gasteiger partial charge is 0.411 e. The summed E-state index contributed by atoms with van der Waals surface area (Å²) in [5.74, 6) is 4.47. The molecule has 6 amide bonds. The minimum absolute atomic E-state index is 0.00927. The lowest BCUT2D eigenvalue weighted by Gasteiger charge is -2.16. The van der Waals surface area contributed by atoms with Crippen LogP contribution in [0.2, 0.25) is 5.02 Å². The van der Waals surface area contributed by atoms with Gasteiger partial charge in [0.15, 0.2) is 0 Å². The lowest BCUT2D eigenvalue weighted by molar-refractivity contribution is 0.186. The van der Waals surface area contributed by atoms with Gasteiger partial charge in [0.1, 0.15) is 80.0 Å². The van der Waals surface area contributed by atoms with Crippen molar-refractivity contribution in [2.75, 3.05) is 74.6 Å². The zero-order valence-corrected chi connectivity index (χ0v) is 87.0. The second-order valence-corrected chi connectivity index (χ2v) is 34.9. The van der Waals surface area contributed by atoms with Crippen LogP contribution < -0.4 is 60.3 Å². The number of hydrogen-bond acceptors (Lipinski definition) is 18. The number of para-hydroxylation sites is 1. The molecule has 726 valence electrons. The van der Waals surface area contributed by atoms with Crippen molar-refractivity contribution in [1.82, 2.24) is 0 Å². The first-order valence-electron chi connectivity index (χ1n) is 43.7. The predicted molar refractivity (Wildman–Crippen MR) is 555 cm³/mol. The number of rotatable bonds is 24. The lowest BCUT2D eigenvalue weighted by atomic mass is 10.1. The Labute approximate surface area is 831 Å². The summed E-state index contributed by atoms with van der Waals surface area (Å²) >= 11 is 12.0. The third-order valence-electron chi connectivity index (χ3n) is 22.4. The van der Waals surface area contributed by atoms with Crippen molar-refractivity contribution < 1.29 is 90.0 Å². The minimum Gasteiger partial charge on any atom is -0.489 e. The normalized spacial score (nSPS) is 10.3. The van der Waals surface area contributed by atoms with E-state index in [4.69, 9.17) is 40.0 Å². The van der Waals surface area contributed by atoms with Crippen LogP contribution in [0.3, 0.4) is 0 Å². The lowest BCUT2D eigenvalue weighted by Crippen LogP contribution is -2.14. The molecule has 0 radical (unpaired) electrons. The number of carbonyl (C=O) groups excluding carboxylic acids is 6. The summed E-state index contributed by atoms with van der Waals surface area (Å²) < 4.78 is 79.3. The number of benzene rings is 12. The maximum atomic E-state index is 14.1. The molecule has 0 aromatic heterocycles. The Morgan fingerprint density at radius 1 is 0.263 bits per heavy atom. The molecule has 12 aromatic rings. The van der Waals surface area contributed by atoms with Crippen molar-refractivity contribution in [3.63, 3.8) is 0 Å². The van der Waals surface area contributed by atoms with Crippen molar-refractivity contribution in [1.29, 1.82) is 0 Å². The molecular formula is C109H124BrClFIN6O18. The number of anilines is 6. The average molecular weight is 2070 g/mol. The Kier molecular flexibility index (Phi) is 43.8. The summed E-state index contributed by atoms with van der Waals surface area (Å²) in [5.41, 5.74) is 30.2.